The highest BCUT2D eigenvalue weighted by Gasteiger charge is 2.45. The normalized spacial score (nSPS) is 20.6. The number of aromatic nitrogens is 1. The molecule has 1 fully saturated rings. The number of likely N-dealkylation sites (tertiary alicyclic amines) is 1. The van der Waals surface area contributed by atoms with Crippen molar-refractivity contribution in [3.05, 3.63) is 65.5 Å². The minimum atomic E-state index is 0.241. The van der Waals surface area contributed by atoms with Crippen LogP contribution in [0.2, 0.25) is 0 Å². The minimum absolute atomic E-state index is 0.241. The molecule has 4 rings (SSSR count). The molecule has 1 aliphatic heterocycles. The summed E-state index contributed by atoms with van der Waals surface area (Å²) in [5.74, 6) is 0.668. The lowest BCUT2D eigenvalue weighted by Crippen LogP contribution is -2.41. The Labute approximate surface area is 174 Å². The van der Waals surface area contributed by atoms with Crippen molar-refractivity contribution >= 4 is 5.91 Å². The van der Waals surface area contributed by atoms with Crippen LogP contribution in [0.25, 0.3) is 0 Å². The summed E-state index contributed by atoms with van der Waals surface area (Å²) >= 11 is 0. The fraction of sp³-hybridized carbons (Fsp3) is 0.520. The van der Waals surface area contributed by atoms with E-state index >= 15 is 0 Å². The second-order valence-electron chi connectivity index (χ2n) is 8.64. The van der Waals surface area contributed by atoms with E-state index in [-0.39, 0.29) is 5.41 Å². The molecule has 1 amide bonds. The molecule has 1 saturated heterocycles. The predicted octanol–water partition coefficient (Wildman–Crippen LogP) is 4.36. The van der Waals surface area contributed by atoms with Gasteiger partial charge in [0.05, 0.1) is 5.69 Å². The molecule has 0 bridgehead atoms. The maximum Gasteiger partial charge on any atom is 0.223 e. The van der Waals surface area contributed by atoms with Gasteiger partial charge in [-0.15, -0.1) is 0 Å². The highest BCUT2D eigenvalue weighted by molar-refractivity contribution is 5.77. The van der Waals surface area contributed by atoms with Crippen molar-refractivity contribution in [1.29, 1.82) is 0 Å². The number of hydrogen-bond donors (Lipinski definition) is 0. The molecule has 0 radical (unpaired) electrons. The van der Waals surface area contributed by atoms with Crippen LogP contribution < -0.4 is 0 Å². The maximum absolute atomic E-state index is 12.8. The molecule has 0 saturated carbocycles. The summed E-state index contributed by atoms with van der Waals surface area (Å²) < 4.78 is 0. The Morgan fingerprint density at radius 3 is 2.52 bits per heavy atom. The molecule has 1 atom stereocenters. The molecule has 154 valence electrons. The lowest BCUT2D eigenvalue weighted by atomic mass is 9.73. The molecule has 1 aromatic heterocycles. The number of amides is 1. The smallest absolute Gasteiger partial charge is 0.223 e. The van der Waals surface area contributed by atoms with Crippen molar-refractivity contribution in [1.82, 2.24) is 14.8 Å². The summed E-state index contributed by atoms with van der Waals surface area (Å²) in [6.07, 6.45) is 6.00. The number of piperidine rings is 1. The molecular formula is C25H33N3O. The van der Waals surface area contributed by atoms with Gasteiger partial charge in [0.2, 0.25) is 5.91 Å². The molecule has 2 aliphatic rings. The largest absolute Gasteiger partial charge is 0.343 e. The summed E-state index contributed by atoms with van der Waals surface area (Å²) in [5.41, 5.74) is 4.32. The van der Waals surface area contributed by atoms with E-state index in [2.05, 4.69) is 60.1 Å². The SMILES string of the molecule is CCN(CC)C(=O)CC1CC2(CCN(Cc3ccccn3)CC2)c2ccccc21. The van der Waals surface area contributed by atoms with E-state index in [4.69, 9.17) is 0 Å². The number of carbonyl (C=O) groups excluding carboxylic acids is 1. The topological polar surface area (TPSA) is 36.4 Å². The van der Waals surface area contributed by atoms with Gasteiger partial charge >= 0.3 is 0 Å². The zero-order valence-corrected chi connectivity index (χ0v) is 17.8. The lowest BCUT2D eigenvalue weighted by Gasteiger charge is -2.40. The molecule has 4 nitrogen and oxygen atoms in total. The Morgan fingerprint density at radius 2 is 1.83 bits per heavy atom. The van der Waals surface area contributed by atoms with Gasteiger partial charge in [-0.3, -0.25) is 14.7 Å². The van der Waals surface area contributed by atoms with Crippen molar-refractivity contribution in [3.63, 3.8) is 0 Å². The lowest BCUT2D eigenvalue weighted by molar-refractivity contribution is -0.131. The number of carbonyl (C=O) groups is 1. The van der Waals surface area contributed by atoms with Gasteiger partial charge in [-0.2, -0.15) is 0 Å². The standard InChI is InChI=1S/C25H33N3O/c1-3-28(4-2)24(29)17-20-18-25(23-11-6-5-10-22(20)23)12-15-27(16-13-25)19-21-9-7-8-14-26-21/h5-11,14,20H,3-4,12-13,15-19H2,1-2H3. The van der Waals surface area contributed by atoms with E-state index < -0.39 is 0 Å². The number of fused-ring (bicyclic) bond motifs is 2. The Hall–Kier alpha value is -2.20. The van der Waals surface area contributed by atoms with Crippen LogP contribution in [-0.2, 0) is 16.8 Å². The fourth-order valence-corrected chi connectivity index (χ4v) is 5.46. The summed E-state index contributed by atoms with van der Waals surface area (Å²) in [4.78, 5) is 21.8. The van der Waals surface area contributed by atoms with E-state index in [1.165, 1.54) is 24.0 Å². The van der Waals surface area contributed by atoms with Crippen molar-refractivity contribution in [2.75, 3.05) is 26.2 Å². The number of pyridine rings is 1. The second kappa shape index (κ2) is 8.66. The van der Waals surface area contributed by atoms with Crippen molar-refractivity contribution in [2.45, 2.75) is 57.4 Å². The van der Waals surface area contributed by atoms with E-state index in [0.29, 0.717) is 18.2 Å². The van der Waals surface area contributed by atoms with E-state index in [1.807, 2.05) is 17.2 Å². The summed E-state index contributed by atoms with van der Waals surface area (Å²) in [5, 5.41) is 0. The molecule has 1 unspecified atom stereocenters. The average Bonchev–Trinajstić information content (AvgIpc) is 3.05. The van der Waals surface area contributed by atoms with Crippen LogP contribution in [-0.4, -0.2) is 46.9 Å². The zero-order chi connectivity index (χ0) is 20.3. The van der Waals surface area contributed by atoms with Crippen molar-refractivity contribution in [2.24, 2.45) is 0 Å². The molecule has 4 heteroatoms. The van der Waals surface area contributed by atoms with E-state index in [1.54, 1.807) is 0 Å². The van der Waals surface area contributed by atoms with Gasteiger partial charge in [0.25, 0.3) is 0 Å². The van der Waals surface area contributed by atoms with Gasteiger partial charge in [0, 0.05) is 32.3 Å². The van der Waals surface area contributed by atoms with E-state index in [0.717, 1.165) is 44.8 Å². The van der Waals surface area contributed by atoms with Gasteiger partial charge in [0.1, 0.15) is 0 Å². The van der Waals surface area contributed by atoms with Gasteiger partial charge < -0.3 is 4.90 Å². The maximum atomic E-state index is 12.8. The Morgan fingerprint density at radius 1 is 1.10 bits per heavy atom. The van der Waals surface area contributed by atoms with Gasteiger partial charge in [-0.25, -0.2) is 0 Å². The first-order chi connectivity index (χ1) is 14.1. The highest BCUT2D eigenvalue weighted by Crippen LogP contribution is 2.52. The van der Waals surface area contributed by atoms with Crippen LogP contribution in [0.3, 0.4) is 0 Å². The molecule has 1 spiro atoms. The van der Waals surface area contributed by atoms with Crippen LogP contribution in [0.4, 0.5) is 0 Å². The average molecular weight is 392 g/mol. The molecular weight excluding hydrogens is 358 g/mol. The number of rotatable bonds is 6. The quantitative estimate of drug-likeness (QED) is 0.734. The highest BCUT2D eigenvalue weighted by atomic mass is 16.2. The third kappa shape index (κ3) is 4.09. The molecule has 2 heterocycles. The first-order valence-corrected chi connectivity index (χ1v) is 11.1. The van der Waals surface area contributed by atoms with Crippen molar-refractivity contribution < 1.29 is 4.79 Å². The Bertz CT molecular complexity index is 823. The molecule has 0 N–H and O–H groups in total. The first-order valence-electron chi connectivity index (χ1n) is 11.1. The van der Waals surface area contributed by atoms with Gasteiger partial charge in [-0.05, 0) is 80.8 Å². The van der Waals surface area contributed by atoms with Crippen LogP contribution in [0.5, 0.6) is 0 Å². The fourth-order valence-electron chi connectivity index (χ4n) is 5.46. The monoisotopic (exact) mass is 391 g/mol. The first kappa shape index (κ1) is 20.1. The number of benzene rings is 1. The number of hydrogen-bond acceptors (Lipinski definition) is 3. The molecule has 2 aromatic rings. The Balaban J connectivity index is 1.47. The second-order valence-corrected chi connectivity index (χ2v) is 8.64. The Kier molecular flexibility index (Phi) is 6.00. The summed E-state index contributed by atoms with van der Waals surface area (Å²) in [6.45, 7) is 8.88. The van der Waals surface area contributed by atoms with Crippen LogP contribution in [0.1, 0.15) is 62.3 Å². The van der Waals surface area contributed by atoms with E-state index in [9.17, 15) is 4.79 Å². The summed E-state index contributed by atoms with van der Waals surface area (Å²) in [7, 11) is 0. The van der Waals surface area contributed by atoms with Crippen LogP contribution in [0, 0.1) is 0 Å². The zero-order valence-electron chi connectivity index (χ0n) is 17.8. The molecule has 1 aliphatic carbocycles. The molecule has 1 aromatic carbocycles. The van der Waals surface area contributed by atoms with Crippen LogP contribution in [0.15, 0.2) is 48.7 Å². The third-order valence-electron chi connectivity index (χ3n) is 7.07. The third-order valence-corrected chi connectivity index (χ3v) is 7.07. The molecule has 29 heavy (non-hydrogen) atoms. The van der Waals surface area contributed by atoms with Crippen LogP contribution >= 0.6 is 0 Å². The van der Waals surface area contributed by atoms with Crippen molar-refractivity contribution in [3.8, 4) is 0 Å². The van der Waals surface area contributed by atoms with Gasteiger partial charge in [0.15, 0.2) is 0 Å². The summed E-state index contributed by atoms with van der Waals surface area (Å²) in [6, 6.07) is 15.1. The predicted molar refractivity (Wildman–Crippen MR) is 117 cm³/mol. The minimum Gasteiger partial charge on any atom is -0.343 e. The van der Waals surface area contributed by atoms with Gasteiger partial charge in [-0.1, -0.05) is 30.3 Å². The number of nitrogens with zero attached hydrogens (tertiary/aromatic N) is 3.